The maximum Gasteiger partial charge on any atom is 0.319 e. The Balaban J connectivity index is 0.000000185. The van der Waals surface area contributed by atoms with E-state index in [1.807, 2.05) is 12.1 Å². The second-order valence-corrected chi connectivity index (χ2v) is 13.3. The third-order valence-corrected chi connectivity index (χ3v) is 9.78. The number of pyridine rings is 4. The molecule has 17 heteroatoms. The van der Waals surface area contributed by atoms with Crippen LogP contribution in [0.1, 0.15) is 25.7 Å². The number of rotatable bonds is 5. The number of nitrogens with zero attached hydrogens (tertiary/aromatic N) is 5. The number of halogens is 5. The highest BCUT2D eigenvalue weighted by Crippen LogP contribution is 2.32. The lowest BCUT2D eigenvalue weighted by atomic mass is 10.1. The second kappa shape index (κ2) is 20.1. The zero-order valence-electron chi connectivity index (χ0n) is 26.2. The zero-order valence-corrected chi connectivity index (χ0v) is 30.9. The maximum absolute atomic E-state index is 12.3. The van der Waals surface area contributed by atoms with E-state index >= 15 is 0 Å². The van der Waals surface area contributed by atoms with Gasteiger partial charge in [0, 0.05) is 58.9 Å². The summed E-state index contributed by atoms with van der Waals surface area (Å²) in [6.45, 7) is 3.53. The molecule has 2 saturated heterocycles. The Morgan fingerprint density at radius 1 is 0.755 bits per heavy atom. The minimum Gasteiger partial charge on any atom is -0.355 e. The number of amides is 4. The van der Waals surface area contributed by atoms with Crippen molar-refractivity contribution in [2.45, 2.75) is 37.8 Å². The van der Waals surface area contributed by atoms with Crippen molar-refractivity contribution in [2.24, 2.45) is 0 Å². The van der Waals surface area contributed by atoms with Gasteiger partial charge in [0.25, 0.3) is 0 Å². The Hall–Kier alpha value is -3.63. The molecule has 6 rings (SSSR count). The van der Waals surface area contributed by atoms with Gasteiger partial charge in [-0.25, -0.2) is 19.6 Å². The molecule has 49 heavy (non-hydrogen) atoms. The number of hydrogen-bond donors (Lipinski definition) is 5. The van der Waals surface area contributed by atoms with Gasteiger partial charge in [0.05, 0.1) is 28.8 Å². The molecule has 2 aliphatic heterocycles. The first-order valence-electron chi connectivity index (χ1n) is 15.4. The minimum atomic E-state index is -0.647. The molecule has 0 aliphatic carbocycles. The van der Waals surface area contributed by atoms with Crippen LogP contribution in [0.15, 0.2) is 82.5 Å². The molecule has 12 nitrogen and oxygen atoms in total. The number of piperidine rings is 2. The van der Waals surface area contributed by atoms with Gasteiger partial charge >= 0.3 is 12.1 Å². The summed E-state index contributed by atoms with van der Waals surface area (Å²) in [5.74, 6) is 0.135. The molecule has 2 fully saturated rings. The van der Waals surface area contributed by atoms with Gasteiger partial charge in [-0.3, -0.25) is 9.97 Å². The van der Waals surface area contributed by atoms with Crippen molar-refractivity contribution in [3.63, 3.8) is 0 Å². The predicted octanol–water partition coefficient (Wildman–Crippen LogP) is 7.27. The van der Waals surface area contributed by atoms with Crippen LogP contribution in [0.3, 0.4) is 0 Å². The minimum absolute atomic E-state index is 0.0255. The van der Waals surface area contributed by atoms with Gasteiger partial charge in [0.2, 0.25) is 5.95 Å². The van der Waals surface area contributed by atoms with E-state index in [1.165, 1.54) is 6.20 Å². The van der Waals surface area contributed by atoms with Gasteiger partial charge in [-0.15, -0.1) is 0 Å². The van der Waals surface area contributed by atoms with Crippen molar-refractivity contribution < 1.29 is 14.0 Å². The summed E-state index contributed by atoms with van der Waals surface area (Å²) in [5, 5.41) is 15.4. The molecule has 0 spiro atoms. The quantitative estimate of drug-likeness (QED) is 0.132. The smallest absolute Gasteiger partial charge is 0.319 e. The van der Waals surface area contributed by atoms with Crippen molar-refractivity contribution in [3.8, 4) is 0 Å². The molecule has 4 aromatic heterocycles. The van der Waals surface area contributed by atoms with Crippen LogP contribution in [0.4, 0.5) is 31.2 Å². The highest BCUT2D eigenvalue weighted by molar-refractivity contribution is 9.10. The van der Waals surface area contributed by atoms with Crippen LogP contribution in [-0.4, -0.2) is 70.3 Å². The average molecular weight is 841 g/mol. The molecule has 4 aromatic rings. The monoisotopic (exact) mass is 838 g/mol. The van der Waals surface area contributed by atoms with Gasteiger partial charge in [0.1, 0.15) is 10.8 Å². The zero-order chi connectivity index (χ0) is 35.0. The fourth-order valence-electron chi connectivity index (χ4n) is 4.81. The van der Waals surface area contributed by atoms with Crippen LogP contribution in [0.25, 0.3) is 0 Å². The molecular formula is C32H35Br2Cl2FN10O2. The highest BCUT2D eigenvalue weighted by Gasteiger charge is 2.23. The summed E-state index contributed by atoms with van der Waals surface area (Å²) in [6, 6.07) is 10.6. The van der Waals surface area contributed by atoms with Crippen LogP contribution >= 0.6 is 55.1 Å². The predicted molar refractivity (Wildman–Crippen MR) is 198 cm³/mol. The van der Waals surface area contributed by atoms with Crippen molar-refractivity contribution in [3.05, 3.63) is 98.5 Å². The Morgan fingerprint density at radius 3 is 1.76 bits per heavy atom. The van der Waals surface area contributed by atoms with Crippen molar-refractivity contribution in [1.29, 1.82) is 0 Å². The molecule has 260 valence electrons. The summed E-state index contributed by atoms with van der Waals surface area (Å²) >= 11 is 18.1. The Morgan fingerprint density at radius 2 is 1.27 bits per heavy atom. The van der Waals surface area contributed by atoms with Gasteiger partial charge < -0.3 is 31.5 Å². The molecule has 0 bridgehead atoms. The van der Waals surface area contributed by atoms with Gasteiger partial charge in [0.15, 0.2) is 0 Å². The maximum atomic E-state index is 12.3. The molecule has 6 heterocycles. The summed E-state index contributed by atoms with van der Waals surface area (Å²) in [7, 11) is 0. The van der Waals surface area contributed by atoms with E-state index in [4.69, 9.17) is 23.2 Å². The Labute approximate surface area is 310 Å². The molecule has 4 amide bonds. The molecule has 2 aliphatic rings. The second-order valence-electron chi connectivity index (χ2n) is 10.8. The fraction of sp³-hybridized carbons (Fsp3) is 0.312. The number of anilines is 3. The molecule has 0 saturated carbocycles. The topological polar surface area (TPSA) is 149 Å². The van der Waals surface area contributed by atoms with E-state index in [0.29, 0.717) is 20.9 Å². The lowest BCUT2D eigenvalue weighted by Gasteiger charge is -2.33. The van der Waals surface area contributed by atoms with Crippen LogP contribution in [0.2, 0.25) is 10.0 Å². The molecule has 0 unspecified atom stereocenters. The average Bonchev–Trinajstić information content (AvgIpc) is 3.11. The summed E-state index contributed by atoms with van der Waals surface area (Å²) in [6.07, 6.45) is 13.3. The third-order valence-electron chi connectivity index (χ3n) is 7.27. The van der Waals surface area contributed by atoms with E-state index in [2.05, 4.69) is 83.3 Å². The van der Waals surface area contributed by atoms with E-state index in [9.17, 15) is 14.0 Å². The van der Waals surface area contributed by atoms with Gasteiger partial charge in [-0.2, -0.15) is 4.39 Å². The number of carbonyl (C=O) groups excluding carboxylic acids is 2. The van der Waals surface area contributed by atoms with E-state index in [1.54, 1.807) is 55.2 Å². The first kappa shape index (κ1) is 38.2. The van der Waals surface area contributed by atoms with Crippen molar-refractivity contribution in [2.75, 3.05) is 41.7 Å². The molecular weight excluding hydrogens is 806 g/mol. The van der Waals surface area contributed by atoms with Crippen molar-refractivity contribution >= 4 is 84.3 Å². The Kier molecular flexibility index (Phi) is 15.7. The van der Waals surface area contributed by atoms with Crippen molar-refractivity contribution in [1.82, 2.24) is 35.9 Å². The number of nitrogens with one attached hydrogen (secondary N) is 5. The molecule has 0 radical (unpaired) electrons. The van der Waals surface area contributed by atoms with E-state index in [0.717, 1.165) is 62.2 Å². The largest absolute Gasteiger partial charge is 0.355 e. The Bertz CT molecular complexity index is 1620. The first-order chi connectivity index (χ1) is 23.7. The van der Waals surface area contributed by atoms with Gasteiger partial charge in [-0.1, -0.05) is 23.2 Å². The first-order valence-corrected chi connectivity index (χ1v) is 17.7. The SMILES string of the molecule is Fc1nccc(Br)c1Cl.O=C(Nc1cccnc1)NC1CCN(c2nccc(Br)c2Cl)CC1.O=C(Nc1cccnc1)NC1CCNCC1. The highest BCUT2D eigenvalue weighted by atomic mass is 79.9. The number of urea groups is 2. The number of hydrogen-bond acceptors (Lipinski definition) is 8. The van der Waals surface area contributed by atoms with Crippen LogP contribution in [0, 0.1) is 5.95 Å². The van der Waals surface area contributed by atoms with Crippen LogP contribution < -0.4 is 31.5 Å². The molecule has 0 aromatic carbocycles. The normalized spacial score (nSPS) is 14.7. The van der Waals surface area contributed by atoms with Crippen LogP contribution in [0.5, 0.6) is 0 Å². The number of carbonyl (C=O) groups is 2. The van der Waals surface area contributed by atoms with Gasteiger partial charge in [-0.05, 0) is 107 Å². The van der Waals surface area contributed by atoms with E-state index in [-0.39, 0.29) is 29.2 Å². The molecule has 0 atom stereocenters. The summed E-state index contributed by atoms with van der Waals surface area (Å²) in [5.41, 5.74) is 1.39. The lowest BCUT2D eigenvalue weighted by molar-refractivity contribution is 0.244. The molecule has 5 N–H and O–H groups in total. The lowest BCUT2D eigenvalue weighted by Crippen LogP contribution is -2.46. The fourth-order valence-corrected chi connectivity index (χ4v) is 5.73. The standard InChI is InChI=1S/C16H17BrClN5O.C11H16N4O.C5H2BrClFN/c17-13-3-7-20-15(14(13)18)23-8-4-11(5-9-23)21-16(24)22-12-2-1-6-19-10-12;16-11(14-9-3-6-12-7-4-9)15-10-2-1-5-13-8-10;6-3-1-2-9-5(8)4(3)7/h1-3,6-7,10-11H,4-5,8-9H2,(H2,21,22,24);1-2,5,8-9,12H,3-4,6-7H2,(H2,14,15,16);1-2H. The number of aromatic nitrogens is 4. The third kappa shape index (κ3) is 13.0. The van der Waals surface area contributed by atoms with Crippen LogP contribution in [-0.2, 0) is 0 Å². The van der Waals surface area contributed by atoms with E-state index < -0.39 is 5.95 Å². The summed E-state index contributed by atoms with van der Waals surface area (Å²) < 4.78 is 13.7. The summed E-state index contributed by atoms with van der Waals surface area (Å²) in [4.78, 5) is 41.4.